The highest BCUT2D eigenvalue weighted by Crippen LogP contribution is 2.19. The molecule has 20 heavy (non-hydrogen) atoms. The SMILES string of the molecule is O=C(O)C1CCCCN1Cc1cnc2ccccc2n1. The molecule has 0 spiro atoms. The molecule has 1 N–H and O–H groups in total. The van der Waals surface area contributed by atoms with Gasteiger partial charge in [0.2, 0.25) is 0 Å². The monoisotopic (exact) mass is 271 g/mol. The Balaban J connectivity index is 1.82. The van der Waals surface area contributed by atoms with E-state index in [0.29, 0.717) is 6.54 Å². The van der Waals surface area contributed by atoms with Crippen LogP contribution in [0.25, 0.3) is 11.0 Å². The van der Waals surface area contributed by atoms with Crippen molar-refractivity contribution in [3.05, 3.63) is 36.2 Å². The summed E-state index contributed by atoms with van der Waals surface area (Å²) in [6.07, 6.45) is 4.49. The maximum atomic E-state index is 11.3. The molecule has 1 aromatic carbocycles. The smallest absolute Gasteiger partial charge is 0.320 e. The molecule has 0 bridgehead atoms. The number of piperidine rings is 1. The van der Waals surface area contributed by atoms with Gasteiger partial charge in [0.1, 0.15) is 6.04 Å². The van der Waals surface area contributed by atoms with Gasteiger partial charge in [-0.2, -0.15) is 0 Å². The number of hydrogen-bond acceptors (Lipinski definition) is 4. The molecule has 1 atom stereocenters. The molecule has 5 heteroatoms. The summed E-state index contributed by atoms with van der Waals surface area (Å²) >= 11 is 0. The number of benzene rings is 1. The van der Waals surface area contributed by atoms with Gasteiger partial charge < -0.3 is 5.11 Å². The molecule has 1 aliphatic rings. The number of para-hydroxylation sites is 2. The lowest BCUT2D eigenvalue weighted by atomic mass is 10.0. The average molecular weight is 271 g/mol. The molecule has 0 saturated carbocycles. The van der Waals surface area contributed by atoms with Gasteiger partial charge in [0.25, 0.3) is 0 Å². The molecule has 1 aromatic heterocycles. The van der Waals surface area contributed by atoms with Crippen LogP contribution in [0.15, 0.2) is 30.5 Å². The largest absolute Gasteiger partial charge is 0.480 e. The van der Waals surface area contributed by atoms with E-state index < -0.39 is 12.0 Å². The highest BCUT2D eigenvalue weighted by atomic mass is 16.4. The second-order valence-electron chi connectivity index (χ2n) is 5.17. The molecular formula is C15H17N3O2. The Bertz CT molecular complexity index is 629. The average Bonchev–Trinajstić information content (AvgIpc) is 2.47. The lowest BCUT2D eigenvalue weighted by molar-refractivity contribution is -0.144. The van der Waals surface area contributed by atoms with Crippen molar-refractivity contribution in [2.24, 2.45) is 0 Å². The van der Waals surface area contributed by atoms with Crippen LogP contribution in [0.4, 0.5) is 0 Å². The topological polar surface area (TPSA) is 66.3 Å². The van der Waals surface area contributed by atoms with Gasteiger partial charge in [-0.05, 0) is 31.5 Å². The minimum absolute atomic E-state index is 0.392. The van der Waals surface area contributed by atoms with Crippen LogP contribution in [0, 0.1) is 0 Å². The van der Waals surface area contributed by atoms with Crippen molar-refractivity contribution in [2.45, 2.75) is 31.8 Å². The van der Waals surface area contributed by atoms with E-state index >= 15 is 0 Å². The van der Waals surface area contributed by atoms with E-state index in [4.69, 9.17) is 0 Å². The Kier molecular flexibility index (Phi) is 3.60. The van der Waals surface area contributed by atoms with Gasteiger partial charge >= 0.3 is 5.97 Å². The minimum Gasteiger partial charge on any atom is -0.480 e. The Morgan fingerprint density at radius 3 is 2.90 bits per heavy atom. The number of aliphatic carboxylic acids is 1. The van der Waals surface area contributed by atoms with E-state index in [2.05, 4.69) is 9.97 Å². The number of likely N-dealkylation sites (tertiary alicyclic amines) is 1. The van der Waals surface area contributed by atoms with Crippen LogP contribution >= 0.6 is 0 Å². The summed E-state index contributed by atoms with van der Waals surface area (Å²) < 4.78 is 0. The molecule has 1 fully saturated rings. The molecule has 5 nitrogen and oxygen atoms in total. The first-order chi connectivity index (χ1) is 9.74. The number of aromatic nitrogens is 2. The first-order valence-electron chi connectivity index (χ1n) is 6.91. The number of rotatable bonds is 3. The fraction of sp³-hybridized carbons (Fsp3) is 0.400. The zero-order chi connectivity index (χ0) is 13.9. The number of hydrogen-bond donors (Lipinski definition) is 1. The molecular weight excluding hydrogens is 254 g/mol. The number of carboxylic acid groups (broad SMARTS) is 1. The predicted octanol–water partition coefficient (Wildman–Crippen LogP) is 2.07. The van der Waals surface area contributed by atoms with Crippen molar-refractivity contribution in [2.75, 3.05) is 6.54 Å². The van der Waals surface area contributed by atoms with E-state index in [1.165, 1.54) is 0 Å². The third-order valence-electron chi connectivity index (χ3n) is 3.76. The van der Waals surface area contributed by atoms with Crippen LogP contribution < -0.4 is 0 Å². The Hall–Kier alpha value is -2.01. The second-order valence-corrected chi connectivity index (χ2v) is 5.17. The number of carboxylic acids is 1. The van der Waals surface area contributed by atoms with Crippen LogP contribution in [-0.4, -0.2) is 38.5 Å². The van der Waals surface area contributed by atoms with E-state index in [9.17, 15) is 9.90 Å². The standard InChI is InChI=1S/C15H17N3O2/c19-15(20)14-7-3-4-8-18(14)10-11-9-16-12-5-1-2-6-13(12)17-11/h1-2,5-6,9,14H,3-4,7-8,10H2,(H,19,20). The van der Waals surface area contributed by atoms with Gasteiger partial charge in [0.15, 0.2) is 0 Å². The molecule has 2 heterocycles. The fourth-order valence-electron chi connectivity index (χ4n) is 2.74. The Labute approximate surface area is 117 Å². The summed E-state index contributed by atoms with van der Waals surface area (Å²) in [6, 6.07) is 7.32. The lowest BCUT2D eigenvalue weighted by Crippen LogP contribution is -2.44. The molecule has 1 unspecified atom stereocenters. The molecule has 0 aliphatic carbocycles. The summed E-state index contributed by atoms with van der Waals surface area (Å²) in [5, 5.41) is 9.28. The summed E-state index contributed by atoms with van der Waals surface area (Å²) in [7, 11) is 0. The van der Waals surface area contributed by atoms with Crippen molar-refractivity contribution in [1.82, 2.24) is 14.9 Å². The molecule has 0 amide bonds. The maximum Gasteiger partial charge on any atom is 0.320 e. The van der Waals surface area contributed by atoms with Gasteiger partial charge in [-0.1, -0.05) is 18.6 Å². The zero-order valence-corrected chi connectivity index (χ0v) is 11.2. The van der Waals surface area contributed by atoms with Gasteiger partial charge in [-0.25, -0.2) is 4.98 Å². The maximum absolute atomic E-state index is 11.3. The molecule has 1 aliphatic heterocycles. The number of fused-ring (bicyclic) bond motifs is 1. The third kappa shape index (κ3) is 2.63. The van der Waals surface area contributed by atoms with Gasteiger partial charge in [0.05, 0.1) is 22.9 Å². The summed E-state index contributed by atoms with van der Waals surface area (Å²) in [5.41, 5.74) is 2.55. The molecule has 1 saturated heterocycles. The van der Waals surface area contributed by atoms with Gasteiger partial charge in [-0.15, -0.1) is 0 Å². The fourth-order valence-corrected chi connectivity index (χ4v) is 2.74. The van der Waals surface area contributed by atoms with Crippen molar-refractivity contribution in [3.8, 4) is 0 Å². The molecule has 2 aromatic rings. The van der Waals surface area contributed by atoms with Crippen molar-refractivity contribution in [1.29, 1.82) is 0 Å². The van der Waals surface area contributed by atoms with Crippen molar-refractivity contribution < 1.29 is 9.90 Å². The van der Waals surface area contributed by atoms with Crippen LogP contribution in [0.2, 0.25) is 0 Å². The van der Waals surface area contributed by atoms with Gasteiger partial charge in [-0.3, -0.25) is 14.7 Å². The van der Waals surface area contributed by atoms with E-state index in [1.54, 1.807) is 6.20 Å². The second kappa shape index (κ2) is 5.54. The van der Waals surface area contributed by atoms with E-state index in [0.717, 1.165) is 42.5 Å². The number of nitrogens with zero attached hydrogens (tertiary/aromatic N) is 3. The van der Waals surface area contributed by atoms with E-state index in [1.807, 2.05) is 29.2 Å². The molecule has 0 radical (unpaired) electrons. The van der Waals surface area contributed by atoms with Crippen molar-refractivity contribution >= 4 is 17.0 Å². The van der Waals surface area contributed by atoms with Crippen LogP contribution in [0.1, 0.15) is 25.0 Å². The first kappa shape index (κ1) is 13.0. The first-order valence-corrected chi connectivity index (χ1v) is 6.91. The zero-order valence-electron chi connectivity index (χ0n) is 11.2. The normalized spacial score (nSPS) is 20.1. The highest BCUT2D eigenvalue weighted by molar-refractivity contribution is 5.74. The van der Waals surface area contributed by atoms with Crippen molar-refractivity contribution in [3.63, 3.8) is 0 Å². The molecule has 104 valence electrons. The van der Waals surface area contributed by atoms with Gasteiger partial charge in [0, 0.05) is 6.54 Å². The number of carbonyl (C=O) groups is 1. The highest BCUT2D eigenvalue weighted by Gasteiger charge is 2.28. The van der Waals surface area contributed by atoms with Crippen LogP contribution in [-0.2, 0) is 11.3 Å². The third-order valence-corrected chi connectivity index (χ3v) is 3.76. The van der Waals surface area contributed by atoms with Crippen LogP contribution in [0.5, 0.6) is 0 Å². The summed E-state index contributed by atoms with van der Waals surface area (Å²) in [4.78, 5) is 22.2. The predicted molar refractivity (Wildman–Crippen MR) is 75.2 cm³/mol. The lowest BCUT2D eigenvalue weighted by Gasteiger charge is -2.32. The summed E-state index contributed by atoms with van der Waals surface area (Å²) in [5.74, 6) is -0.738. The minimum atomic E-state index is -0.738. The quantitative estimate of drug-likeness (QED) is 0.925. The van der Waals surface area contributed by atoms with E-state index in [-0.39, 0.29) is 0 Å². The molecule has 3 rings (SSSR count). The summed E-state index contributed by atoms with van der Waals surface area (Å²) in [6.45, 7) is 1.36. The van der Waals surface area contributed by atoms with Crippen LogP contribution in [0.3, 0.4) is 0 Å². The Morgan fingerprint density at radius 2 is 2.10 bits per heavy atom. The Morgan fingerprint density at radius 1 is 1.30 bits per heavy atom.